The zero-order valence-corrected chi connectivity index (χ0v) is 17.6. The van der Waals surface area contributed by atoms with Crippen molar-refractivity contribution < 1.29 is 14.3 Å². The van der Waals surface area contributed by atoms with E-state index in [0.717, 1.165) is 17.3 Å². The molecule has 0 aliphatic heterocycles. The second-order valence-electron chi connectivity index (χ2n) is 8.26. The standard InChI is InChI=1S/C23H31N3O3/c1-15-24-11-13-26(15)12-10-21(27)25-23-18-7-5-4-6-17(18)22(23)16-8-9-19(28-2)20(14-16)29-3/h8-9,11,13-14,17-18,22-23H,4-7,10,12H2,1-3H3,(H,25,27)/t17-,18-,22-,23-/m0/s1. The lowest BCUT2D eigenvalue weighted by molar-refractivity contribution is -0.125. The van der Waals surface area contributed by atoms with Gasteiger partial charge in [-0.25, -0.2) is 4.98 Å². The third kappa shape index (κ3) is 3.85. The summed E-state index contributed by atoms with van der Waals surface area (Å²) in [6, 6.07) is 6.40. The van der Waals surface area contributed by atoms with Gasteiger partial charge in [0.15, 0.2) is 11.5 Å². The number of fused-ring (bicyclic) bond motifs is 1. The van der Waals surface area contributed by atoms with Gasteiger partial charge in [0.1, 0.15) is 5.82 Å². The van der Waals surface area contributed by atoms with Crippen LogP contribution in [0.15, 0.2) is 30.6 Å². The lowest BCUT2D eigenvalue weighted by atomic mass is 9.53. The molecule has 0 bridgehead atoms. The minimum Gasteiger partial charge on any atom is -0.493 e. The van der Waals surface area contributed by atoms with Crippen LogP contribution in [0.25, 0.3) is 0 Å². The first-order chi connectivity index (χ1) is 14.1. The van der Waals surface area contributed by atoms with E-state index in [1.807, 2.05) is 23.8 Å². The number of rotatable bonds is 7. The Kier molecular flexibility index (Phi) is 5.79. The number of hydrogen-bond acceptors (Lipinski definition) is 4. The van der Waals surface area contributed by atoms with Crippen LogP contribution in [-0.2, 0) is 11.3 Å². The predicted octanol–water partition coefficient (Wildman–Crippen LogP) is 3.69. The highest BCUT2D eigenvalue weighted by Gasteiger charge is 2.51. The lowest BCUT2D eigenvalue weighted by Gasteiger charge is -2.55. The van der Waals surface area contributed by atoms with Gasteiger partial charge in [-0.2, -0.15) is 0 Å². The molecule has 1 aromatic heterocycles. The van der Waals surface area contributed by atoms with Crippen molar-refractivity contribution >= 4 is 5.91 Å². The van der Waals surface area contributed by atoms with Crippen LogP contribution in [0.5, 0.6) is 11.5 Å². The maximum absolute atomic E-state index is 12.7. The van der Waals surface area contributed by atoms with E-state index in [9.17, 15) is 4.79 Å². The fourth-order valence-corrected chi connectivity index (χ4v) is 5.30. The first-order valence-corrected chi connectivity index (χ1v) is 10.6. The molecule has 29 heavy (non-hydrogen) atoms. The number of carbonyl (C=O) groups is 1. The molecule has 6 nitrogen and oxygen atoms in total. The van der Waals surface area contributed by atoms with E-state index in [-0.39, 0.29) is 11.9 Å². The number of nitrogens with zero attached hydrogens (tertiary/aromatic N) is 2. The Labute approximate surface area is 172 Å². The summed E-state index contributed by atoms with van der Waals surface area (Å²) in [4.78, 5) is 17.0. The summed E-state index contributed by atoms with van der Waals surface area (Å²) in [5.41, 5.74) is 1.24. The summed E-state index contributed by atoms with van der Waals surface area (Å²) in [6.07, 6.45) is 9.18. The van der Waals surface area contributed by atoms with E-state index < -0.39 is 0 Å². The van der Waals surface area contributed by atoms with Gasteiger partial charge in [0.25, 0.3) is 0 Å². The molecule has 0 radical (unpaired) electrons. The largest absolute Gasteiger partial charge is 0.493 e. The van der Waals surface area contributed by atoms with Crippen LogP contribution in [0.1, 0.15) is 49.4 Å². The van der Waals surface area contributed by atoms with Gasteiger partial charge in [0.05, 0.1) is 14.2 Å². The molecular weight excluding hydrogens is 366 g/mol. The summed E-state index contributed by atoms with van der Waals surface area (Å²) in [5.74, 6) is 4.13. The minimum atomic E-state index is 0.123. The second kappa shape index (κ2) is 8.47. The molecule has 2 aliphatic carbocycles. The number of nitrogens with one attached hydrogen (secondary N) is 1. The van der Waals surface area contributed by atoms with Crippen LogP contribution in [0.4, 0.5) is 0 Å². The molecule has 2 aliphatic rings. The Balaban J connectivity index is 1.48. The zero-order chi connectivity index (χ0) is 20.4. The quantitative estimate of drug-likeness (QED) is 0.774. The fourth-order valence-electron chi connectivity index (χ4n) is 5.30. The Hall–Kier alpha value is -2.50. The molecule has 2 saturated carbocycles. The van der Waals surface area contributed by atoms with E-state index in [1.54, 1.807) is 20.4 Å². The van der Waals surface area contributed by atoms with Crippen LogP contribution < -0.4 is 14.8 Å². The van der Waals surface area contributed by atoms with Crippen LogP contribution in [-0.4, -0.2) is 35.7 Å². The first-order valence-electron chi connectivity index (χ1n) is 10.6. The highest BCUT2D eigenvalue weighted by molar-refractivity contribution is 5.76. The minimum absolute atomic E-state index is 0.123. The smallest absolute Gasteiger partial charge is 0.222 e. The summed E-state index contributed by atoms with van der Waals surface area (Å²) in [5, 5.41) is 3.37. The van der Waals surface area contributed by atoms with Gasteiger partial charge in [-0.15, -0.1) is 0 Å². The van der Waals surface area contributed by atoms with E-state index in [4.69, 9.17) is 9.47 Å². The number of ether oxygens (including phenoxy) is 2. The summed E-state index contributed by atoms with van der Waals surface area (Å²) in [6.45, 7) is 2.63. The van der Waals surface area contributed by atoms with Crippen molar-refractivity contribution in [2.24, 2.45) is 11.8 Å². The molecule has 2 fully saturated rings. The van der Waals surface area contributed by atoms with Crippen LogP contribution in [0, 0.1) is 18.8 Å². The van der Waals surface area contributed by atoms with E-state index in [1.165, 1.54) is 31.2 Å². The molecule has 0 spiro atoms. The van der Waals surface area contributed by atoms with Crippen molar-refractivity contribution in [3.63, 3.8) is 0 Å². The Bertz CT molecular complexity index is 863. The van der Waals surface area contributed by atoms with Crippen molar-refractivity contribution in [3.8, 4) is 11.5 Å². The van der Waals surface area contributed by atoms with E-state index in [2.05, 4.69) is 22.4 Å². The normalized spacial score (nSPS) is 25.6. The van der Waals surface area contributed by atoms with Crippen molar-refractivity contribution in [2.75, 3.05) is 14.2 Å². The highest BCUT2D eigenvalue weighted by atomic mass is 16.5. The zero-order valence-electron chi connectivity index (χ0n) is 17.6. The van der Waals surface area contributed by atoms with Gasteiger partial charge in [-0.05, 0) is 49.3 Å². The summed E-state index contributed by atoms with van der Waals surface area (Å²) in [7, 11) is 3.33. The number of methoxy groups -OCH3 is 2. The SMILES string of the molecule is COc1ccc([C@H]2[C@H]3CCCC[C@@H]3[C@@H]2NC(=O)CCn2ccnc2C)cc1OC. The molecule has 2 aromatic rings. The van der Waals surface area contributed by atoms with Crippen LogP contribution in [0.3, 0.4) is 0 Å². The first kappa shape index (κ1) is 19.8. The van der Waals surface area contributed by atoms with Crippen molar-refractivity contribution in [1.29, 1.82) is 0 Å². The molecule has 1 heterocycles. The van der Waals surface area contributed by atoms with Gasteiger partial charge in [0, 0.05) is 37.3 Å². The topological polar surface area (TPSA) is 65.4 Å². The molecule has 4 rings (SSSR count). The predicted molar refractivity (Wildman–Crippen MR) is 111 cm³/mol. The van der Waals surface area contributed by atoms with Gasteiger partial charge < -0.3 is 19.4 Å². The van der Waals surface area contributed by atoms with Gasteiger partial charge in [-0.3, -0.25) is 4.79 Å². The molecule has 0 unspecified atom stereocenters. The third-order valence-electron chi connectivity index (χ3n) is 6.81. The fraction of sp³-hybridized carbons (Fsp3) is 0.565. The summed E-state index contributed by atoms with van der Waals surface area (Å²) < 4.78 is 12.9. The average Bonchev–Trinajstić information content (AvgIpc) is 3.15. The average molecular weight is 398 g/mol. The molecule has 1 N–H and O–H groups in total. The van der Waals surface area contributed by atoms with E-state index >= 15 is 0 Å². The van der Waals surface area contributed by atoms with Crippen LogP contribution in [0.2, 0.25) is 0 Å². The number of imidazole rings is 1. The molecule has 6 heteroatoms. The molecule has 1 aromatic carbocycles. The number of hydrogen-bond donors (Lipinski definition) is 1. The van der Waals surface area contributed by atoms with Gasteiger partial charge >= 0.3 is 0 Å². The molecule has 0 saturated heterocycles. The van der Waals surface area contributed by atoms with Gasteiger partial charge in [-0.1, -0.05) is 18.9 Å². The van der Waals surface area contributed by atoms with Crippen molar-refractivity contribution in [3.05, 3.63) is 42.0 Å². The third-order valence-corrected chi connectivity index (χ3v) is 6.81. The van der Waals surface area contributed by atoms with Crippen LogP contribution >= 0.6 is 0 Å². The maximum Gasteiger partial charge on any atom is 0.222 e. The second-order valence-corrected chi connectivity index (χ2v) is 8.26. The van der Waals surface area contributed by atoms with Gasteiger partial charge in [0.2, 0.25) is 5.91 Å². The van der Waals surface area contributed by atoms with Crippen molar-refractivity contribution in [1.82, 2.24) is 14.9 Å². The number of benzene rings is 1. The highest BCUT2D eigenvalue weighted by Crippen LogP contribution is 2.55. The van der Waals surface area contributed by atoms with E-state index in [0.29, 0.717) is 30.7 Å². The monoisotopic (exact) mass is 397 g/mol. The maximum atomic E-state index is 12.7. The number of amides is 1. The molecule has 156 valence electrons. The van der Waals surface area contributed by atoms with Crippen molar-refractivity contribution in [2.45, 2.75) is 57.5 Å². The Morgan fingerprint density at radius 2 is 1.93 bits per heavy atom. The molecular formula is C23H31N3O3. The molecule has 4 atom stereocenters. The number of aromatic nitrogens is 2. The Morgan fingerprint density at radius 1 is 1.17 bits per heavy atom. The lowest BCUT2D eigenvalue weighted by Crippen LogP contribution is -2.59. The summed E-state index contributed by atoms with van der Waals surface area (Å²) >= 11 is 0. The number of carbonyl (C=O) groups excluding carboxylic acids is 1. The Morgan fingerprint density at radius 3 is 2.62 bits per heavy atom. The number of aryl methyl sites for hydroxylation is 2. The molecule has 1 amide bonds.